The average Bonchev–Trinajstić information content (AvgIpc) is 3.05. The molecule has 3 aromatic carbocycles. The van der Waals surface area contributed by atoms with Crippen molar-refractivity contribution in [3.05, 3.63) is 100 Å². The summed E-state index contributed by atoms with van der Waals surface area (Å²) in [5.41, 5.74) is 5.87. The lowest BCUT2D eigenvalue weighted by molar-refractivity contribution is 0.590. The molecule has 0 saturated carbocycles. The standard InChI is InChI=1S/C26H25ClN2/c1-26(2,3)21-15-12-19(13-16-21)18-29-24-11-7-6-10-23(24)28-25(29)17-14-20-8-4-5-9-22(20)27/h4-17H,18H2,1-3H3/b17-14+. The van der Waals surface area contributed by atoms with Crippen LogP contribution in [0.5, 0.6) is 0 Å². The molecule has 146 valence electrons. The van der Waals surface area contributed by atoms with Crippen LogP contribution in [0, 0.1) is 0 Å². The molecule has 0 N–H and O–H groups in total. The quantitative estimate of drug-likeness (QED) is 0.354. The molecule has 4 aromatic rings. The molecule has 0 radical (unpaired) electrons. The van der Waals surface area contributed by atoms with E-state index >= 15 is 0 Å². The predicted octanol–water partition coefficient (Wildman–Crippen LogP) is 7.21. The zero-order valence-electron chi connectivity index (χ0n) is 17.1. The molecule has 2 nitrogen and oxygen atoms in total. The van der Waals surface area contributed by atoms with Crippen LogP contribution in [0.4, 0.5) is 0 Å². The van der Waals surface area contributed by atoms with E-state index in [1.807, 2.05) is 42.5 Å². The minimum Gasteiger partial charge on any atom is -0.320 e. The summed E-state index contributed by atoms with van der Waals surface area (Å²) in [6.07, 6.45) is 4.08. The molecule has 0 spiro atoms. The van der Waals surface area contributed by atoms with E-state index in [-0.39, 0.29) is 5.41 Å². The van der Waals surface area contributed by atoms with Crippen LogP contribution in [0.2, 0.25) is 5.02 Å². The van der Waals surface area contributed by atoms with Gasteiger partial charge in [0.15, 0.2) is 0 Å². The zero-order valence-corrected chi connectivity index (χ0v) is 17.8. The number of nitrogens with zero attached hydrogens (tertiary/aromatic N) is 2. The highest BCUT2D eigenvalue weighted by Crippen LogP contribution is 2.24. The summed E-state index contributed by atoms with van der Waals surface area (Å²) in [5, 5.41) is 0.740. The van der Waals surface area contributed by atoms with Crippen molar-refractivity contribution in [2.75, 3.05) is 0 Å². The maximum atomic E-state index is 6.31. The number of imidazole rings is 1. The van der Waals surface area contributed by atoms with E-state index < -0.39 is 0 Å². The smallest absolute Gasteiger partial charge is 0.134 e. The Morgan fingerprint density at radius 1 is 0.862 bits per heavy atom. The SMILES string of the molecule is CC(C)(C)c1ccc(Cn2c(/C=C/c3ccccc3Cl)nc3ccccc32)cc1. The van der Waals surface area contributed by atoms with Crippen molar-refractivity contribution in [3.8, 4) is 0 Å². The lowest BCUT2D eigenvalue weighted by Crippen LogP contribution is -2.11. The monoisotopic (exact) mass is 400 g/mol. The van der Waals surface area contributed by atoms with Gasteiger partial charge in [-0.15, -0.1) is 0 Å². The van der Waals surface area contributed by atoms with Gasteiger partial charge < -0.3 is 4.57 Å². The Kier molecular flexibility index (Phi) is 5.29. The molecule has 0 saturated heterocycles. The number of halogens is 1. The van der Waals surface area contributed by atoms with Crippen molar-refractivity contribution in [2.45, 2.75) is 32.7 Å². The van der Waals surface area contributed by atoms with Crippen LogP contribution in [0.3, 0.4) is 0 Å². The topological polar surface area (TPSA) is 17.8 Å². The Morgan fingerprint density at radius 2 is 1.55 bits per heavy atom. The Balaban J connectivity index is 1.71. The maximum Gasteiger partial charge on any atom is 0.134 e. The number of hydrogen-bond acceptors (Lipinski definition) is 1. The molecule has 1 heterocycles. The Bertz CT molecular complexity index is 1160. The first-order chi connectivity index (χ1) is 13.9. The molecule has 1 aromatic heterocycles. The minimum atomic E-state index is 0.156. The highest BCUT2D eigenvalue weighted by atomic mass is 35.5. The van der Waals surface area contributed by atoms with Crippen LogP contribution < -0.4 is 0 Å². The van der Waals surface area contributed by atoms with Crippen LogP contribution >= 0.6 is 11.6 Å². The highest BCUT2D eigenvalue weighted by molar-refractivity contribution is 6.32. The molecule has 0 unspecified atom stereocenters. The maximum absolute atomic E-state index is 6.31. The van der Waals surface area contributed by atoms with Crippen molar-refractivity contribution < 1.29 is 0 Å². The van der Waals surface area contributed by atoms with Crippen molar-refractivity contribution in [2.24, 2.45) is 0 Å². The number of benzene rings is 3. The molecule has 0 bridgehead atoms. The third-order valence-corrected chi connectivity index (χ3v) is 5.51. The van der Waals surface area contributed by atoms with E-state index in [4.69, 9.17) is 16.6 Å². The third-order valence-electron chi connectivity index (χ3n) is 5.16. The largest absolute Gasteiger partial charge is 0.320 e. The van der Waals surface area contributed by atoms with Crippen LogP contribution in [-0.2, 0) is 12.0 Å². The summed E-state index contributed by atoms with van der Waals surface area (Å²) >= 11 is 6.31. The number of aromatic nitrogens is 2. The summed E-state index contributed by atoms with van der Waals surface area (Å²) in [6.45, 7) is 7.49. The fraction of sp³-hybridized carbons (Fsp3) is 0.192. The second-order valence-corrected chi connectivity index (χ2v) is 8.75. The first kappa shape index (κ1) is 19.5. The number of rotatable bonds is 4. The Morgan fingerprint density at radius 3 is 2.28 bits per heavy atom. The zero-order chi connectivity index (χ0) is 20.4. The first-order valence-electron chi connectivity index (χ1n) is 9.89. The van der Waals surface area contributed by atoms with Gasteiger partial charge >= 0.3 is 0 Å². The van der Waals surface area contributed by atoms with Gasteiger partial charge in [-0.1, -0.05) is 87.0 Å². The molecule has 0 aliphatic rings. The lowest BCUT2D eigenvalue weighted by Gasteiger charge is -2.19. The summed E-state index contributed by atoms with van der Waals surface area (Å²) in [5.74, 6) is 0.922. The molecule has 29 heavy (non-hydrogen) atoms. The fourth-order valence-corrected chi connectivity index (χ4v) is 3.65. The third kappa shape index (κ3) is 4.28. The molecular formula is C26H25ClN2. The summed E-state index contributed by atoms with van der Waals surface area (Å²) in [4.78, 5) is 4.84. The van der Waals surface area contributed by atoms with Gasteiger partial charge in [0.25, 0.3) is 0 Å². The van der Waals surface area contributed by atoms with Crippen molar-refractivity contribution in [1.82, 2.24) is 9.55 Å². The Labute approximate surface area is 177 Å². The van der Waals surface area contributed by atoms with Gasteiger partial charge in [0.05, 0.1) is 11.0 Å². The molecule has 0 amide bonds. The highest BCUT2D eigenvalue weighted by Gasteiger charge is 2.14. The van der Waals surface area contributed by atoms with Gasteiger partial charge in [-0.25, -0.2) is 4.98 Å². The van der Waals surface area contributed by atoms with E-state index in [1.165, 1.54) is 11.1 Å². The van der Waals surface area contributed by atoms with E-state index in [0.29, 0.717) is 0 Å². The molecule has 4 rings (SSSR count). The first-order valence-corrected chi connectivity index (χ1v) is 10.3. The van der Waals surface area contributed by atoms with Crippen LogP contribution in [0.1, 0.15) is 43.3 Å². The van der Waals surface area contributed by atoms with Gasteiger partial charge in [0.2, 0.25) is 0 Å². The number of hydrogen-bond donors (Lipinski definition) is 0. The fourth-order valence-electron chi connectivity index (χ4n) is 3.45. The number of fused-ring (bicyclic) bond motifs is 1. The molecular weight excluding hydrogens is 376 g/mol. The normalized spacial score (nSPS) is 12.1. The molecule has 0 atom stereocenters. The van der Waals surface area contributed by atoms with Crippen LogP contribution in [0.25, 0.3) is 23.2 Å². The van der Waals surface area contributed by atoms with Crippen LogP contribution in [0.15, 0.2) is 72.8 Å². The molecule has 0 aliphatic heterocycles. The summed E-state index contributed by atoms with van der Waals surface area (Å²) in [7, 11) is 0. The van der Waals surface area contributed by atoms with Crippen molar-refractivity contribution >= 4 is 34.8 Å². The van der Waals surface area contributed by atoms with E-state index in [2.05, 4.69) is 67.8 Å². The lowest BCUT2D eigenvalue weighted by atomic mass is 9.87. The molecule has 0 fully saturated rings. The van der Waals surface area contributed by atoms with Gasteiger partial charge in [-0.05, 0) is 52.5 Å². The summed E-state index contributed by atoms with van der Waals surface area (Å²) < 4.78 is 2.26. The minimum absolute atomic E-state index is 0.156. The van der Waals surface area contributed by atoms with Gasteiger partial charge in [0.1, 0.15) is 5.82 Å². The van der Waals surface area contributed by atoms with E-state index in [1.54, 1.807) is 0 Å². The van der Waals surface area contributed by atoms with E-state index in [0.717, 1.165) is 34.0 Å². The van der Waals surface area contributed by atoms with E-state index in [9.17, 15) is 0 Å². The van der Waals surface area contributed by atoms with Crippen molar-refractivity contribution in [3.63, 3.8) is 0 Å². The second-order valence-electron chi connectivity index (χ2n) is 8.35. The summed E-state index contributed by atoms with van der Waals surface area (Å²) in [6, 6.07) is 25.0. The predicted molar refractivity (Wildman–Crippen MR) is 124 cm³/mol. The van der Waals surface area contributed by atoms with Crippen LogP contribution in [-0.4, -0.2) is 9.55 Å². The Hall–Kier alpha value is -2.84. The number of para-hydroxylation sites is 2. The second kappa shape index (κ2) is 7.88. The molecule has 3 heteroatoms. The molecule has 0 aliphatic carbocycles. The van der Waals surface area contributed by atoms with Gasteiger partial charge in [0, 0.05) is 11.6 Å². The van der Waals surface area contributed by atoms with Gasteiger partial charge in [-0.3, -0.25) is 0 Å². The average molecular weight is 401 g/mol. The van der Waals surface area contributed by atoms with Gasteiger partial charge in [-0.2, -0.15) is 0 Å². The van der Waals surface area contributed by atoms with Crippen molar-refractivity contribution in [1.29, 1.82) is 0 Å².